The molecule has 0 aliphatic carbocycles. The minimum atomic E-state index is -3.71. The van der Waals surface area contributed by atoms with Gasteiger partial charge in [0.2, 0.25) is 10.0 Å². The van der Waals surface area contributed by atoms with Crippen LogP contribution in [0.15, 0.2) is 40.2 Å². The van der Waals surface area contributed by atoms with Crippen molar-refractivity contribution in [3.63, 3.8) is 0 Å². The summed E-state index contributed by atoms with van der Waals surface area (Å²) in [5, 5.41) is 7.58. The van der Waals surface area contributed by atoms with E-state index in [-0.39, 0.29) is 29.0 Å². The van der Waals surface area contributed by atoms with Crippen molar-refractivity contribution < 1.29 is 17.5 Å². The number of aromatic nitrogens is 2. The second-order valence-electron chi connectivity index (χ2n) is 8.18. The molecule has 11 heteroatoms. The molecule has 3 heterocycles. The summed E-state index contributed by atoms with van der Waals surface area (Å²) in [6, 6.07) is 4.52. The summed E-state index contributed by atoms with van der Waals surface area (Å²) in [5.41, 5.74) is 0.103. The lowest BCUT2D eigenvalue weighted by atomic mass is 10.0. The summed E-state index contributed by atoms with van der Waals surface area (Å²) >= 11 is 6.33. The van der Waals surface area contributed by atoms with E-state index < -0.39 is 21.4 Å². The van der Waals surface area contributed by atoms with Crippen molar-refractivity contribution in [2.75, 3.05) is 38.2 Å². The van der Waals surface area contributed by atoms with Crippen LogP contribution < -0.4 is 10.9 Å². The third kappa shape index (κ3) is 4.98. The van der Waals surface area contributed by atoms with Crippen LogP contribution in [0.3, 0.4) is 0 Å². The van der Waals surface area contributed by atoms with Crippen LogP contribution in [0.25, 0.3) is 0 Å². The lowest BCUT2D eigenvalue weighted by Crippen LogP contribution is -2.41. The average Bonchev–Trinajstić information content (AvgIpc) is 2.81. The SMILES string of the molecule is O=c1c(Cl)c(NCC2CCCOC2)cnn1C1CCN(S(=O)(=O)c2ccc(F)cc2)CC1. The molecule has 2 aliphatic rings. The van der Waals surface area contributed by atoms with Gasteiger partial charge in [0.1, 0.15) is 10.8 Å². The maximum absolute atomic E-state index is 13.1. The van der Waals surface area contributed by atoms with E-state index in [0.717, 1.165) is 31.6 Å². The first-order valence-corrected chi connectivity index (χ1v) is 12.5. The normalized spacial score (nSPS) is 20.9. The Kier molecular flexibility index (Phi) is 7.14. The fraction of sp³-hybridized carbons (Fsp3) is 0.524. The van der Waals surface area contributed by atoms with Crippen molar-refractivity contribution in [1.82, 2.24) is 14.1 Å². The first-order chi connectivity index (χ1) is 15.4. The van der Waals surface area contributed by atoms with E-state index in [4.69, 9.17) is 16.3 Å². The molecule has 4 rings (SSSR count). The van der Waals surface area contributed by atoms with Crippen LogP contribution in [-0.4, -0.2) is 55.4 Å². The lowest BCUT2D eigenvalue weighted by Gasteiger charge is -2.31. The van der Waals surface area contributed by atoms with Gasteiger partial charge in [-0.25, -0.2) is 17.5 Å². The number of benzene rings is 1. The quantitative estimate of drug-likeness (QED) is 0.677. The van der Waals surface area contributed by atoms with Crippen molar-refractivity contribution >= 4 is 27.3 Å². The molecule has 1 aromatic carbocycles. The van der Waals surface area contributed by atoms with Gasteiger partial charge in [-0.1, -0.05) is 11.6 Å². The maximum atomic E-state index is 13.1. The third-order valence-corrected chi connectivity index (χ3v) is 8.28. The molecule has 1 aromatic heterocycles. The fourth-order valence-electron chi connectivity index (χ4n) is 4.13. The van der Waals surface area contributed by atoms with Crippen molar-refractivity contribution in [2.45, 2.75) is 36.6 Å². The third-order valence-electron chi connectivity index (χ3n) is 6.00. The number of hydrogen-bond donors (Lipinski definition) is 1. The molecule has 32 heavy (non-hydrogen) atoms. The van der Waals surface area contributed by atoms with E-state index in [1.165, 1.54) is 21.1 Å². The van der Waals surface area contributed by atoms with E-state index in [0.29, 0.717) is 37.6 Å². The van der Waals surface area contributed by atoms with Gasteiger partial charge >= 0.3 is 0 Å². The van der Waals surface area contributed by atoms with E-state index in [9.17, 15) is 17.6 Å². The highest BCUT2D eigenvalue weighted by Crippen LogP contribution is 2.27. The molecule has 0 spiro atoms. The second-order valence-corrected chi connectivity index (χ2v) is 10.5. The molecule has 1 unspecified atom stereocenters. The van der Waals surface area contributed by atoms with Crippen LogP contribution in [0.4, 0.5) is 10.1 Å². The number of rotatable bonds is 6. The number of piperidine rings is 1. The molecule has 2 aliphatic heterocycles. The predicted octanol–water partition coefficient (Wildman–Crippen LogP) is 2.90. The zero-order valence-electron chi connectivity index (χ0n) is 17.5. The van der Waals surface area contributed by atoms with E-state index >= 15 is 0 Å². The van der Waals surface area contributed by atoms with Gasteiger partial charge in [-0.2, -0.15) is 9.40 Å². The molecule has 2 fully saturated rings. The monoisotopic (exact) mass is 484 g/mol. The van der Waals surface area contributed by atoms with Gasteiger partial charge in [-0.05, 0) is 55.9 Å². The number of hydrogen-bond acceptors (Lipinski definition) is 6. The predicted molar refractivity (Wildman–Crippen MR) is 119 cm³/mol. The van der Waals surface area contributed by atoms with Gasteiger partial charge in [-0.3, -0.25) is 4.79 Å². The standard InChI is InChI=1S/C21H26ClFN4O4S/c22-20-19(24-12-15-2-1-11-31-14-15)13-25-27(21(20)28)17-7-9-26(10-8-17)32(29,30)18-5-3-16(23)4-6-18/h3-6,13,15,17,24H,1-2,7-12,14H2. The minimum Gasteiger partial charge on any atom is -0.382 e. The summed E-state index contributed by atoms with van der Waals surface area (Å²) in [4.78, 5) is 12.9. The summed E-state index contributed by atoms with van der Waals surface area (Å²) in [5.74, 6) is -0.121. The molecule has 0 radical (unpaired) electrons. The van der Waals surface area contributed by atoms with Crippen molar-refractivity contribution in [3.05, 3.63) is 51.7 Å². The molecule has 1 atom stereocenters. The molecule has 2 saturated heterocycles. The Morgan fingerprint density at radius 2 is 1.91 bits per heavy atom. The second kappa shape index (κ2) is 9.86. The van der Waals surface area contributed by atoms with E-state index in [1.54, 1.807) is 6.20 Å². The molecule has 0 amide bonds. The number of ether oxygens (including phenoxy) is 1. The first kappa shape index (κ1) is 23.2. The largest absolute Gasteiger partial charge is 0.382 e. The zero-order chi connectivity index (χ0) is 22.7. The number of nitrogens with one attached hydrogen (secondary N) is 1. The molecule has 0 saturated carbocycles. The van der Waals surface area contributed by atoms with Crippen molar-refractivity contribution in [2.24, 2.45) is 5.92 Å². The molecular weight excluding hydrogens is 459 g/mol. The van der Waals surface area contributed by atoms with Crippen LogP contribution in [-0.2, 0) is 14.8 Å². The van der Waals surface area contributed by atoms with Gasteiger partial charge in [0.05, 0.1) is 29.4 Å². The highest BCUT2D eigenvalue weighted by molar-refractivity contribution is 7.89. The molecule has 1 N–H and O–H groups in total. The summed E-state index contributed by atoms with van der Waals surface area (Å²) in [6.07, 6.45) is 4.49. The average molecular weight is 485 g/mol. The number of sulfonamides is 1. The van der Waals surface area contributed by atoms with Gasteiger partial charge in [0.15, 0.2) is 0 Å². The van der Waals surface area contributed by atoms with Crippen molar-refractivity contribution in [3.8, 4) is 0 Å². The summed E-state index contributed by atoms with van der Waals surface area (Å²) in [6.45, 7) is 2.60. The van der Waals surface area contributed by atoms with Gasteiger partial charge in [0.25, 0.3) is 5.56 Å². The fourth-order valence-corrected chi connectivity index (χ4v) is 5.81. The van der Waals surface area contributed by atoms with E-state index in [2.05, 4.69) is 10.4 Å². The summed E-state index contributed by atoms with van der Waals surface area (Å²) < 4.78 is 46.9. The molecule has 0 bridgehead atoms. The topological polar surface area (TPSA) is 93.5 Å². The van der Waals surface area contributed by atoms with E-state index in [1.807, 2.05) is 0 Å². The Balaban J connectivity index is 1.40. The van der Waals surface area contributed by atoms with Crippen molar-refractivity contribution in [1.29, 1.82) is 0 Å². The summed E-state index contributed by atoms with van der Waals surface area (Å²) in [7, 11) is -3.71. The van der Waals surface area contributed by atoms with Gasteiger partial charge in [0, 0.05) is 26.2 Å². The van der Waals surface area contributed by atoms with Crippen LogP contribution in [0, 0.1) is 11.7 Å². The van der Waals surface area contributed by atoms with Crippen LogP contribution in [0.5, 0.6) is 0 Å². The highest BCUT2D eigenvalue weighted by atomic mass is 35.5. The molecule has 2 aromatic rings. The molecule has 174 valence electrons. The van der Waals surface area contributed by atoms with Gasteiger partial charge < -0.3 is 10.1 Å². The lowest BCUT2D eigenvalue weighted by molar-refractivity contribution is 0.0595. The smallest absolute Gasteiger partial charge is 0.287 e. The molecule has 8 nitrogen and oxygen atoms in total. The Hall–Kier alpha value is -2.01. The maximum Gasteiger partial charge on any atom is 0.287 e. The number of nitrogens with zero attached hydrogens (tertiary/aromatic N) is 3. The Morgan fingerprint density at radius 3 is 2.56 bits per heavy atom. The van der Waals surface area contributed by atoms with Crippen LogP contribution in [0.1, 0.15) is 31.7 Å². The number of anilines is 1. The highest BCUT2D eigenvalue weighted by Gasteiger charge is 2.31. The Labute approximate surface area is 191 Å². The minimum absolute atomic E-state index is 0.0504. The first-order valence-electron chi connectivity index (χ1n) is 10.7. The van der Waals surface area contributed by atoms with Crippen LogP contribution in [0.2, 0.25) is 5.02 Å². The zero-order valence-corrected chi connectivity index (χ0v) is 19.1. The molecular formula is C21H26ClFN4O4S. The number of halogens is 2. The Morgan fingerprint density at radius 1 is 1.19 bits per heavy atom. The Bertz CT molecular complexity index is 1100. The van der Waals surface area contributed by atoms with Crippen LogP contribution >= 0.6 is 11.6 Å². The van der Waals surface area contributed by atoms with Gasteiger partial charge in [-0.15, -0.1) is 0 Å².